The molecule has 0 radical (unpaired) electrons. The normalized spacial score (nSPS) is 12.8. The minimum absolute atomic E-state index is 0.0654. The van der Waals surface area contributed by atoms with Gasteiger partial charge in [-0.25, -0.2) is 9.97 Å². The number of hydrogen-bond donors (Lipinski definition) is 1. The molecule has 3 aromatic heterocycles. The van der Waals surface area contributed by atoms with E-state index in [0.29, 0.717) is 12.5 Å². The van der Waals surface area contributed by atoms with Crippen molar-refractivity contribution in [3.63, 3.8) is 0 Å². The van der Waals surface area contributed by atoms with Gasteiger partial charge in [-0.2, -0.15) is 9.78 Å². The van der Waals surface area contributed by atoms with Crippen molar-refractivity contribution in [1.29, 1.82) is 0 Å². The maximum Gasteiger partial charge on any atom is 0.240 e. The molecule has 0 aliphatic rings. The predicted octanol–water partition coefficient (Wildman–Crippen LogP) is 6.09. The molecule has 0 saturated heterocycles. The maximum atomic E-state index is 4.66. The van der Waals surface area contributed by atoms with Crippen molar-refractivity contribution in [2.45, 2.75) is 85.6 Å². The molecule has 0 atom stereocenters. The number of nitrogens with zero attached hydrogens (tertiary/aromatic N) is 5. The highest BCUT2D eigenvalue weighted by atomic mass is 15.4. The third-order valence-corrected chi connectivity index (χ3v) is 7.72. The molecule has 0 amide bonds. The number of aromatic amines is 1. The molecule has 0 aliphatic heterocycles. The highest BCUT2D eigenvalue weighted by Crippen LogP contribution is 2.34. The van der Waals surface area contributed by atoms with Crippen LogP contribution in [0.2, 0.25) is 0 Å². The fourth-order valence-corrected chi connectivity index (χ4v) is 5.80. The molecule has 5 aromatic rings. The van der Waals surface area contributed by atoms with Crippen LogP contribution in [0.5, 0.6) is 0 Å². The zero-order valence-corrected chi connectivity index (χ0v) is 24.6. The largest absolute Gasteiger partial charge is 0.241 e. The molecule has 0 unspecified atom stereocenters. The zero-order valence-electron chi connectivity index (χ0n) is 24.6. The second-order valence-corrected chi connectivity index (χ2v) is 13.0. The quantitative estimate of drug-likeness (QED) is 0.298. The summed E-state index contributed by atoms with van der Waals surface area (Å²) in [7, 11) is 2.14. The number of aromatic nitrogens is 6. The summed E-state index contributed by atoms with van der Waals surface area (Å²) < 4.78 is 6.73. The summed E-state index contributed by atoms with van der Waals surface area (Å²) in [5, 5.41) is 6.20. The summed E-state index contributed by atoms with van der Waals surface area (Å²) in [6, 6.07) is 11.1. The molecule has 2 aromatic carbocycles. The molecule has 3 heterocycles. The Bertz CT molecular complexity index is 1650. The van der Waals surface area contributed by atoms with Gasteiger partial charge in [0.2, 0.25) is 24.6 Å². The molecular weight excluding hydrogens is 468 g/mol. The number of rotatable bonds is 4. The van der Waals surface area contributed by atoms with Crippen molar-refractivity contribution < 1.29 is 9.36 Å². The topological polar surface area (TPSA) is 54.3 Å². The van der Waals surface area contributed by atoms with Crippen LogP contribution in [-0.2, 0) is 24.4 Å². The monoisotopic (exact) mass is 510 g/mol. The lowest BCUT2D eigenvalue weighted by atomic mass is 9.83. The minimum atomic E-state index is -0.0686. The second-order valence-electron chi connectivity index (χ2n) is 13.0. The molecular formula is C32H42N6+2. The SMILES string of the molecule is Cc1c(C[n+]2cc3c(C(C)(C)C)c(-[n+]4cc5c(C(C)(C)C)cccc5[nH]4)ccc3n2C)ncnc1C(C)C. The molecule has 0 aliphatic carbocycles. The van der Waals surface area contributed by atoms with Gasteiger partial charge in [0.05, 0.1) is 17.8 Å². The van der Waals surface area contributed by atoms with Crippen LogP contribution in [0.15, 0.2) is 49.1 Å². The van der Waals surface area contributed by atoms with Crippen LogP contribution in [0, 0.1) is 6.92 Å². The molecule has 38 heavy (non-hydrogen) atoms. The fourth-order valence-electron chi connectivity index (χ4n) is 5.80. The standard InChI is InChI=1S/C32H41N6/c1-20(2)30-21(3)26(33-19-34-30)18-37-16-23-27(36(37)10)14-15-28(29(23)32(7,8)9)38-17-22-24(31(4,5)6)12-11-13-25(22)35-38/h11-17,19-20H,18H2,1-10H3/q+1/p+1. The summed E-state index contributed by atoms with van der Waals surface area (Å²) >= 11 is 0. The first-order valence-electron chi connectivity index (χ1n) is 13.6. The Morgan fingerprint density at radius 1 is 0.921 bits per heavy atom. The van der Waals surface area contributed by atoms with Crippen molar-refractivity contribution in [2.24, 2.45) is 7.05 Å². The Morgan fingerprint density at radius 2 is 1.66 bits per heavy atom. The Balaban J connectivity index is 1.69. The summed E-state index contributed by atoms with van der Waals surface area (Å²) in [5.41, 5.74) is 9.58. The van der Waals surface area contributed by atoms with Gasteiger partial charge in [0, 0.05) is 17.3 Å². The second kappa shape index (κ2) is 9.04. The summed E-state index contributed by atoms with van der Waals surface area (Å²) in [6.45, 7) is 21.0. The van der Waals surface area contributed by atoms with Crippen molar-refractivity contribution in [1.82, 2.24) is 19.7 Å². The lowest BCUT2D eigenvalue weighted by molar-refractivity contribution is -0.764. The first-order chi connectivity index (χ1) is 17.8. The third-order valence-electron chi connectivity index (χ3n) is 7.72. The van der Waals surface area contributed by atoms with E-state index in [9.17, 15) is 0 Å². The summed E-state index contributed by atoms with van der Waals surface area (Å²) in [6.07, 6.45) is 6.26. The minimum Gasteiger partial charge on any atom is -0.241 e. The molecule has 6 nitrogen and oxygen atoms in total. The van der Waals surface area contributed by atoms with E-state index in [4.69, 9.17) is 0 Å². The van der Waals surface area contributed by atoms with Crippen LogP contribution in [0.25, 0.3) is 27.5 Å². The van der Waals surface area contributed by atoms with E-state index in [1.807, 2.05) is 0 Å². The van der Waals surface area contributed by atoms with Crippen LogP contribution < -0.4 is 9.36 Å². The molecule has 0 fully saturated rings. The maximum absolute atomic E-state index is 4.66. The van der Waals surface area contributed by atoms with E-state index in [1.54, 1.807) is 6.33 Å². The van der Waals surface area contributed by atoms with Gasteiger partial charge in [-0.3, -0.25) is 0 Å². The molecule has 0 bridgehead atoms. The van der Waals surface area contributed by atoms with Gasteiger partial charge in [0.25, 0.3) is 0 Å². The van der Waals surface area contributed by atoms with E-state index in [-0.39, 0.29) is 10.8 Å². The van der Waals surface area contributed by atoms with E-state index in [2.05, 4.69) is 141 Å². The van der Waals surface area contributed by atoms with E-state index in [1.165, 1.54) is 38.7 Å². The number of fused-ring (bicyclic) bond motifs is 2. The summed E-state index contributed by atoms with van der Waals surface area (Å²) in [4.78, 5) is 9.20. The summed E-state index contributed by atoms with van der Waals surface area (Å²) in [5.74, 6) is 0.372. The smallest absolute Gasteiger partial charge is 0.240 e. The fraction of sp³-hybridized carbons (Fsp3) is 0.438. The van der Waals surface area contributed by atoms with Gasteiger partial charge in [0.1, 0.15) is 23.1 Å². The number of aryl methyl sites for hydroxylation is 1. The first-order valence-corrected chi connectivity index (χ1v) is 13.6. The van der Waals surface area contributed by atoms with Gasteiger partial charge in [0.15, 0.2) is 0 Å². The average Bonchev–Trinajstić information content (AvgIpc) is 3.39. The molecule has 1 N–H and O–H groups in total. The lowest BCUT2D eigenvalue weighted by Crippen LogP contribution is -2.42. The highest BCUT2D eigenvalue weighted by molar-refractivity contribution is 5.86. The average molecular weight is 511 g/mol. The van der Waals surface area contributed by atoms with E-state index < -0.39 is 0 Å². The van der Waals surface area contributed by atoms with Gasteiger partial charge in [-0.15, -0.1) is 4.68 Å². The highest BCUT2D eigenvalue weighted by Gasteiger charge is 2.32. The third kappa shape index (κ3) is 4.40. The van der Waals surface area contributed by atoms with Crippen LogP contribution in [0.1, 0.15) is 89.4 Å². The van der Waals surface area contributed by atoms with Crippen LogP contribution in [0.3, 0.4) is 0 Å². The Labute approximate surface area is 226 Å². The van der Waals surface area contributed by atoms with Crippen molar-refractivity contribution in [2.75, 3.05) is 0 Å². The van der Waals surface area contributed by atoms with E-state index >= 15 is 0 Å². The molecule has 5 rings (SSSR count). The van der Waals surface area contributed by atoms with Gasteiger partial charge in [-0.1, -0.05) is 72.2 Å². The van der Waals surface area contributed by atoms with Crippen molar-refractivity contribution in [3.8, 4) is 5.69 Å². The van der Waals surface area contributed by atoms with Crippen LogP contribution in [0.4, 0.5) is 0 Å². The Morgan fingerprint density at radius 3 is 2.32 bits per heavy atom. The van der Waals surface area contributed by atoms with Gasteiger partial charge in [-0.05, 0) is 46.9 Å². The van der Waals surface area contributed by atoms with Crippen LogP contribution in [-0.4, -0.2) is 19.7 Å². The van der Waals surface area contributed by atoms with E-state index in [0.717, 1.165) is 16.9 Å². The number of nitrogens with one attached hydrogen (secondary N) is 1. The Hall–Kier alpha value is -3.54. The van der Waals surface area contributed by atoms with Crippen molar-refractivity contribution >= 4 is 21.8 Å². The van der Waals surface area contributed by atoms with Crippen molar-refractivity contribution in [3.05, 3.63) is 77.1 Å². The number of hydrogen-bond acceptors (Lipinski definition) is 2. The van der Waals surface area contributed by atoms with Gasteiger partial charge >= 0.3 is 0 Å². The molecule has 6 heteroatoms. The lowest BCUT2D eigenvalue weighted by Gasteiger charge is -2.19. The molecule has 0 spiro atoms. The number of H-pyrrole nitrogens is 1. The zero-order chi connectivity index (χ0) is 27.6. The van der Waals surface area contributed by atoms with Crippen LogP contribution >= 0.6 is 0 Å². The van der Waals surface area contributed by atoms with Gasteiger partial charge < -0.3 is 0 Å². The predicted molar refractivity (Wildman–Crippen MR) is 154 cm³/mol. The number of benzene rings is 2. The Kier molecular flexibility index (Phi) is 6.20. The molecule has 0 saturated carbocycles. The molecule has 198 valence electrons. The first kappa shape index (κ1) is 26.1.